The molecule has 0 unspecified atom stereocenters. The van der Waals surface area contributed by atoms with Crippen molar-refractivity contribution in [3.8, 4) is 0 Å². The lowest BCUT2D eigenvalue weighted by atomic mass is 10.00. The van der Waals surface area contributed by atoms with Gasteiger partial charge in [0.2, 0.25) is 0 Å². The molecule has 1 aliphatic heterocycles. The van der Waals surface area contributed by atoms with Crippen LogP contribution in [0, 0.1) is 0 Å². The molecule has 2 rings (SSSR count). The standard InChI is InChI=1S/C9H17NO/c1-8-6-11-9(7-10-8)4-2-3-5-9/h8,10H,2-7H2,1H3/t8-/m1/s1. The van der Waals surface area contributed by atoms with Gasteiger partial charge in [-0.05, 0) is 19.8 Å². The summed E-state index contributed by atoms with van der Waals surface area (Å²) in [4.78, 5) is 0. The second kappa shape index (κ2) is 2.76. The predicted molar refractivity (Wildman–Crippen MR) is 44.6 cm³/mol. The molecule has 1 N–H and O–H groups in total. The Bertz CT molecular complexity index is 130. The molecular weight excluding hydrogens is 138 g/mol. The molecule has 2 heteroatoms. The van der Waals surface area contributed by atoms with Crippen LogP contribution < -0.4 is 5.32 Å². The summed E-state index contributed by atoms with van der Waals surface area (Å²) < 4.78 is 5.88. The highest BCUT2D eigenvalue weighted by molar-refractivity contribution is 4.92. The van der Waals surface area contributed by atoms with Crippen molar-refractivity contribution in [2.24, 2.45) is 0 Å². The number of rotatable bonds is 0. The Morgan fingerprint density at radius 2 is 2.09 bits per heavy atom. The highest BCUT2D eigenvalue weighted by Crippen LogP contribution is 2.34. The van der Waals surface area contributed by atoms with E-state index >= 15 is 0 Å². The monoisotopic (exact) mass is 155 g/mol. The third kappa shape index (κ3) is 1.42. The van der Waals surface area contributed by atoms with Crippen molar-refractivity contribution in [1.29, 1.82) is 0 Å². The quantitative estimate of drug-likeness (QED) is 0.569. The van der Waals surface area contributed by atoms with Crippen LogP contribution in [0.5, 0.6) is 0 Å². The number of nitrogens with one attached hydrogen (secondary N) is 1. The minimum absolute atomic E-state index is 0.243. The summed E-state index contributed by atoms with van der Waals surface area (Å²) in [5, 5.41) is 3.49. The maximum Gasteiger partial charge on any atom is 0.0807 e. The van der Waals surface area contributed by atoms with Gasteiger partial charge in [-0.3, -0.25) is 0 Å². The third-order valence-corrected chi connectivity index (χ3v) is 2.93. The maximum absolute atomic E-state index is 5.88. The molecule has 1 aliphatic carbocycles. The fourth-order valence-electron chi connectivity index (χ4n) is 2.11. The van der Waals surface area contributed by atoms with Gasteiger partial charge >= 0.3 is 0 Å². The van der Waals surface area contributed by atoms with Crippen molar-refractivity contribution >= 4 is 0 Å². The first-order valence-corrected chi connectivity index (χ1v) is 4.68. The van der Waals surface area contributed by atoms with E-state index in [0.29, 0.717) is 6.04 Å². The van der Waals surface area contributed by atoms with Crippen molar-refractivity contribution in [3.63, 3.8) is 0 Å². The second-order valence-corrected chi connectivity index (χ2v) is 3.98. The van der Waals surface area contributed by atoms with Gasteiger partial charge in [-0.2, -0.15) is 0 Å². The molecule has 11 heavy (non-hydrogen) atoms. The normalized spacial score (nSPS) is 36.3. The Labute approximate surface area is 68.3 Å². The highest BCUT2D eigenvalue weighted by atomic mass is 16.5. The number of hydrogen-bond acceptors (Lipinski definition) is 2. The van der Waals surface area contributed by atoms with E-state index < -0.39 is 0 Å². The topological polar surface area (TPSA) is 21.3 Å². The zero-order chi connectivity index (χ0) is 7.73. The van der Waals surface area contributed by atoms with E-state index in [9.17, 15) is 0 Å². The molecule has 2 aliphatic rings. The maximum atomic E-state index is 5.88. The van der Waals surface area contributed by atoms with Crippen LogP contribution in [0.15, 0.2) is 0 Å². The van der Waals surface area contributed by atoms with Crippen LogP contribution in [0.2, 0.25) is 0 Å². The van der Waals surface area contributed by atoms with Crippen molar-refractivity contribution < 1.29 is 4.74 Å². The average molecular weight is 155 g/mol. The summed E-state index contributed by atoms with van der Waals surface area (Å²) in [5.41, 5.74) is 0.243. The Morgan fingerprint density at radius 3 is 2.64 bits per heavy atom. The van der Waals surface area contributed by atoms with Crippen molar-refractivity contribution in [2.75, 3.05) is 13.2 Å². The van der Waals surface area contributed by atoms with Crippen LogP contribution in [0.3, 0.4) is 0 Å². The molecule has 0 aromatic rings. The third-order valence-electron chi connectivity index (χ3n) is 2.93. The van der Waals surface area contributed by atoms with Gasteiger partial charge in [0, 0.05) is 12.6 Å². The lowest BCUT2D eigenvalue weighted by Gasteiger charge is -2.37. The zero-order valence-electron chi connectivity index (χ0n) is 7.23. The van der Waals surface area contributed by atoms with Gasteiger partial charge < -0.3 is 10.1 Å². The van der Waals surface area contributed by atoms with Crippen molar-refractivity contribution in [3.05, 3.63) is 0 Å². The van der Waals surface area contributed by atoms with E-state index in [4.69, 9.17) is 4.74 Å². The predicted octanol–water partition coefficient (Wildman–Crippen LogP) is 1.31. The molecule has 0 aromatic carbocycles. The first kappa shape index (κ1) is 7.56. The van der Waals surface area contributed by atoms with Crippen LogP contribution in [-0.2, 0) is 4.74 Å². The van der Waals surface area contributed by atoms with Crippen molar-refractivity contribution in [1.82, 2.24) is 5.32 Å². The van der Waals surface area contributed by atoms with Gasteiger partial charge in [0.15, 0.2) is 0 Å². The molecule has 2 nitrogen and oxygen atoms in total. The molecule has 0 radical (unpaired) electrons. The first-order valence-electron chi connectivity index (χ1n) is 4.68. The Hall–Kier alpha value is -0.0800. The molecule has 1 saturated heterocycles. The van der Waals surface area contributed by atoms with Gasteiger partial charge in [-0.15, -0.1) is 0 Å². The molecule has 1 atom stereocenters. The van der Waals surface area contributed by atoms with E-state index in [-0.39, 0.29) is 5.60 Å². The summed E-state index contributed by atoms with van der Waals surface area (Å²) in [7, 11) is 0. The Kier molecular flexibility index (Phi) is 1.90. The largest absolute Gasteiger partial charge is 0.372 e. The van der Waals surface area contributed by atoms with Gasteiger partial charge in [-0.25, -0.2) is 0 Å². The number of ether oxygens (including phenoxy) is 1. The lowest BCUT2D eigenvalue weighted by molar-refractivity contribution is -0.0753. The van der Waals surface area contributed by atoms with Gasteiger partial charge in [0.25, 0.3) is 0 Å². The van der Waals surface area contributed by atoms with Crippen LogP contribution in [0.4, 0.5) is 0 Å². The molecule has 1 spiro atoms. The Morgan fingerprint density at radius 1 is 1.36 bits per heavy atom. The average Bonchev–Trinajstić information content (AvgIpc) is 2.45. The highest BCUT2D eigenvalue weighted by Gasteiger charge is 2.37. The fourth-order valence-corrected chi connectivity index (χ4v) is 2.11. The fraction of sp³-hybridized carbons (Fsp3) is 1.00. The SMILES string of the molecule is C[C@@H]1COC2(CCCC2)CN1. The Balaban J connectivity index is 1.94. The van der Waals surface area contributed by atoms with Gasteiger partial charge in [-0.1, -0.05) is 12.8 Å². The minimum Gasteiger partial charge on any atom is -0.372 e. The molecule has 0 aromatic heterocycles. The molecule has 64 valence electrons. The molecule has 0 bridgehead atoms. The zero-order valence-corrected chi connectivity index (χ0v) is 7.23. The summed E-state index contributed by atoms with van der Waals surface area (Å²) in [6.45, 7) is 4.16. The number of hydrogen-bond donors (Lipinski definition) is 1. The van der Waals surface area contributed by atoms with Gasteiger partial charge in [0.1, 0.15) is 0 Å². The molecule has 0 amide bonds. The summed E-state index contributed by atoms with van der Waals surface area (Å²) in [6.07, 6.45) is 5.26. The number of morpholine rings is 1. The van der Waals surface area contributed by atoms with Gasteiger partial charge in [0.05, 0.1) is 12.2 Å². The second-order valence-electron chi connectivity index (χ2n) is 3.98. The van der Waals surface area contributed by atoms with E-state index in [1.165, 1.54) is 25.7 Å². The van der Waals surface area contributed by atoms with E-state index in [1.54, 1.807) is 0 Å². The lowest BCUT2D eigenvalue weighted by Crippen LogP contribution is -2.52. The molecule has 1 heterocycles. The van der Waals surface area contributed by atoms with E-state index in [1.807, 2.05) is 0 Å². The molecule has 2 fully saturated rings. The minimum atomic E-state index is 0.243. The first-order chi connectivity index (χ1) is 5.31. The smallest absolute Gasteiger partial charge is 0.0807 e. The van der Waals surface area contributed by atoms with E-state index in [2.05, 4.69) is 12.2 Å². The van der Waals surface area contributed by atoms with Crippen LogP contribution in [-0.4, -0.2) is 24.8 Å². The molecular formula is C9H17NO. The van der Waals surface area contributed by atoms with Crippen LogP contribution in [0.1, 0.15) is 32.6 Å². The summed E-state index contributed by atoms with van der Waals surface area (Å²) >= 11 is 0. The van der Waals surface area contributed by atoms with E-state index in [0.717, 1.165) is 13.2 Å². The van der Waals surface area contributed by atoms with Crippen LogP contribution in [0.25, 0.3) is 0 Å². The molecule has 1 saturated carbocycles. The van der Waals surface area contributed by atoms with Crippen molar-refractivity contribution in [2.45, 2.75) is 44.2 Å². The summed E-state index contributed by atoms with van der Waals surface area (Å²) in [5.74, 6) is 0. The van der Waals surface area contributed by atoms with Crippen LogP contribution >= 0.6 is 0 Å². The summed E-state index contributed by atoms with van der Waals surface area (Å²) in [6, 6.07) is 0.557.